The molecular formula is C15H27NO5. The van der Waals surface area contributed by atoms with Gasteiger partial charge < -0.3 is 25.0 Å². The Bertz CT molecular complexity index is 359. The Balaban J connectivity index is 1.82. The van der Waals surface area contributed by atoms with Crippen LogP contribution in [0.15, 0.2) is 0 Å². The van der Waals surface area contributed by atoms with E-state index in [-0.39, 0.29) is 5.92 Å². The molecule has 0 aromatic carbocycles. The predicted molar refractivity (Wildman–Crippen MR) is 77.0 cm³/mol. The molecule has 1 saturated heterocycles. The van der Waals surface area contributed by atoms with E-state index in [9.17, 15) is 15.0 Å². The second-order valence-electron chi connectivity index (χ2n) is 6.85. The summed E-state index contributed by atoms with van der Waals surface area (Å²) in [5.74, 6) is -1.09. The number of carboxylic acids is 1. The first-order valence-corrected chi connectivity index (χ1v) is 7.76. The highest BCUT2D eigenvalue weighted by atomic mass is 16.5. The lowest BCUT2D eigenvalue weighted by Crippen LogP contribution is -2.51. The van der Waals surface area contributed by atoms with Gasteiger partial charge in [0.2, 0.25) is 0 Å². The van der Waals surface area contributed by atoms with Gasteiger partial charge in [0.15, 0.2) is 0 Å². The summed E-state index contributed by atoms with van der Waals surface area (Å²) in [5, 5.41) is 30.1. The van der Waals surface area contributed by atoms with Crippen molar-refractivity contribution in [1.29, 1.82) is 0 Å². The number of aliphatic carboxylic acids is 1. The second kappa shape index (κ2) is 6.60. The zero-order valence-corrected chi connectivity index (χ0v) is 12.8. The number of aliphatic hydroxyl groups is 2. The highest BCUT2D eigenvalue weighted by molar-refractivity contribution is 5.70. The molecule has 0 bridgehead atoms. The molecule has 0 amide bonds. The highest BCUT2D eigenvalue weighted by Crippen LogP contribution is 2.33. The van der Waals surface area contributed by atoms with Crippen molar-refractivity contribution in [3.63, 3.8) is 0 Å². The van der Waals surface area contributed by atoms with Gasteiger partial charge in [0.25, 0.3) is 0 Å². The predicted octanol–water partition coefficient (Wildman–Crippen LogP) is 0.466. The number of nitrogens with zero attached hydrogens (tertiary/aromatic N) is 1. The monoisotopic (exact) mass is 301 g/mol. The van der Waals surface area contributed by atoms with Crippen LogP contribution in [0.25, 0.3) is 0 Å². The van der Waals surface area contributed by atoms with Gasteiger partial charge in [0.05, 0.1) is 17.1 Å². The van der Waals surface area contributed by atoms with Crippen LogP contribution in [0.2, 0.25) is 0 Å². The number of ether oxygens (including phenoxy) is 1. The molecule has 0 radical (unpaired) electrons. The Morgan fingerprint density at radius 2 is 1.57 bits per heavy atom. The Morgan fingerprint density at radius 1 is 1.10 bits per heavy atom. The molecule has 0 atom stereocenters. The molecule has 3 N–H and O–H groups in total. The van der Waals surface area contributed by atoms with Gasteiger partial charge in [-0.3, -0.25) is 4.79 Å². The Labute approximate surface area is 125 Å². The fourth-order valence-electron chi connectivity index (χ4n) is 3.53. The van der Waals surface area contributed by atoms with E-state index in [1.165, 1.54) is 0 Å². The molecule has 2 rings (SSSR count). The third-order valence-corrected chi connectivity index (χ3v) is 4.82. The maximum Gasteiger partial charge on any atom is 0.306 e. The van der Waals surface area contributed by atoms with E-state index in [2.05, 4.69) is 0 Å². The standard InChI is InChI=1S/C15H27NO5/c1-16(11-15(20)6-8-21-9-7-15)10-14(19)4-2-12(3-5-14)13(17)18/h12,19-20H,2-11H2,1H3,(H,17,18). The van der Waals surface area contributed by atoms with Gasteiger partial charge in [-0.25, -0.2) is 0 Å². The van der Waals surface area contributed by atoms with Gasteiger partial charge in [0.1, 0.15) is 0 Å². The van der Waals surface area contributed by atoms with Crippen molar-refractivity contribution in [2.75, 3.05) is 33.4 Å². The summed E-state index contributed by atoms with van der Waals surface area (Å²) in [6, 6.07) is 0. The zero-order chi connectivity index (χ0) is 15.5. The van der Waals surface area contributed by atoms with Crippen LogP contribution in [0.3, 0.4) is 0 Å². The van der Waals surface area contributed by atoms with E-state index in [0.717, 1.165) is 0 Å². The van der Waals surface area contributed by atoms with Crippen molar-refractivity contribution in [1.82, 2.24) is 4.90 Å². The summed E-state index contributed by atoms with van der Waals surface area (Å²) in [4.78, 5) is 12.9. The summed E-state index contributed by atoms with van der Waals surface area (Å²) in [5.41, 5.74) is -1.57. The summed E-state index contributed by atoms with van der Waals surface area (Å²) < 4.78 is 5.27. The van der Waals surface area contributed by atoms with Crippen LogP contribution in [0.4, 0.5) is 0 Å². The molecule has 0 spiro atoms. The van der Waals surface area contributed by atoms with Gasteiger partial charge in [-0.1, -0.05) is 0 Å². The summed E-state index contributed by atoms with van der Waals surface area (Å²) >= 11 is 0. The van der Waals surface area contributed by atoms with Crippen LogP contribution in [-0.2, 0) is 9.53 Å². The molecule has 1 aliphatic heterocycles. The number of hydrogen-bond acceptors (Lipinski definition) is 5. The smallest absolute Gasteiger partial charge is 0.306 e. The fourth-order valence-corrected chi connectivity index (χ4v) is 3.53. The Morgan fingerprint density at radius 3 is 2.05 bits per heavy atom. The van der Waals surface area contributed by atoms with Crippen LogP contribution in [0.1, 0.15) is 38.5 Å². The van der Waals surface area contributed by atoms with E-state index < -0.39 is 17.2 Å². The van der Waals surface area contributed by atoms with Crippen LogP contribution in [-0.4, -0.2) is 70.7 Å². The molecule has 1 heterocycles. The lowest BCUT2D eigenvalue weighted by Gasteiger charge is -2.41. The topological polar surface area (TPSA) is 90.2 Å². The van der Waals surface area contributed by atoms with E-state index >= 15 is 0 Å². The van der Waals surface area contributed by atoms with Crippen LogP contribution >= 0.6 is 0 Å². The number of rotatable bonds is 5. The molecule has 0 aromatic rings. The first-order chi connectivity index (χ1) is 9.82. The molecule has 1 aliphatic carbocycles. The fraction of sp³-hybridized carbons (Fsp3) is 0.933. The quantitative estimate of drug-likeness (QED) is 0.684. The Kier molecular flexibility index (Phi) is 5.24. The maximum absolute atomic E-state index is 11.0. The molecule has 2 aliphatic rings. The number of carbonyl (C=O) groups is 1. The normalized spacial score (nSPS) is 33.0. The highest BCUT2D eigenvalue weighted by Gasteiger charge is 2.38. The lowest BCUT2D eigenvalue weighted by atomic mass is 9.78. The molecular weight excluding hydrogens is 274 g/mol. The van der Waals surface area contributed by atoms with Crippen molar-refractivity contribution in [3.8, 4) is 0 Å². The molecule has 2 fully saturated rings. The summed E-state index contributed by atoms with van der Waals surface area (Å²) in [6.07, 6.45) is 3.31. The van der Waals surface area contributed by atoms with Gasteiger partial charge in [-0.05, 0) is 32.7 Å². The van der Waals surface area contributed by atoms with Crippen molar-refractivity contribution in [3.05, 3.63) is 0 Å². The largest absolute Gasteiger partial charge is 0.481 e. The molecule has 1 saturated carbocycles. The lowest BCUT2D eigenvalue weighted by molar-refractivity contribution is -0.145. The van der Waals surface area contributed by atoms with Gasteiger partial charge >= 0.3 is 5.97 Å². The summed E-state index contributed by atoms with van der Waals surface area (Å²) in [6.45, 7) is 2.15. The van der Waals surface area contributed by atoms with Crippen molar-refractivity contribution in [2.24, 2.45) is 5.92 Å². The van der Waals surface area contributed by atoms with Crippen molar-refractivity contribution in [2.45, 2.75) is 49.7 Å². The molecule has 0 unspecified atom stereocenters. The number of hydrogen-bond donors (Lipinski definition) is 3. The van der Waals surface area contributed by atoms with Crippen LogP contribution < -0.4 is 0 Å². The van der Waals surface area contributed by atoms with E-state index in [1.807, 2.05) is 11.9 Å². The minimum atomic E-state index is -0.831. The summed E-state index contributed by atoms with van der Waals surface area (Å²) in [7, 11) is 1.90. The SMILES string of the molecule is CN(CC1(O)CCOCC1)CC1(O)CCC(C(=O)O)CC1. The van der Waals surface area contributed by atoms with E-state index in [0.29, 0.717) is 64.8 Å². The van der Waals surface area contributed by atoms with Gasteiger partial charge in [-0.2, -0.15) is 0 Å². The number of carboxylic acid groups (broad SMARTS) is 1. The van der Waals surface area contributed by atoms with Gasteiger partial charge in [-0.15, -0.1) is 0 Å². The molecule has 6 heteroatoms. The van der Waals surface area contributed by atoms with Crippen LogP contribution in [0.5, 0.6) is 0 Å². The average molecular weight is 301 g/mol. The van der Waals surface area contributed by atoms with Crippen molar-refractivity contribution < 1.29 is 24.9 Å². The molecule has 6 nitrogen and oxygen atoms in total. The minimum absolute atomic E-state index is 0.324. The minimum Gasteiger partial charge on any atom is -0.481 e. The molecule has 122 valence electrons. The Hall–Kier alpha value is -0.690. The number of likely N-dealkylation sites (N-methyl/N-ethyl adjacent to an activating group) is 1. The molecule has 0 aromatic heterocycles. The van der Waals surface area contributed by atoms with Crippen LogP contribution in [0, 0.1) is 5.92 Å². The van der Waals surface area contributed by atoms with Gasteiger partial charge in [0, 0.05) is 39.1 Å². The van der Waals surface area contributed by atoms with Crippen molar-refractivity contribution >= 4 is 5.97 Å². The third-order valence-electron chi connectivity index (χ3n) is 4.82. The maximum atomic E-state index is 11.0. The second-order valence-corrected chi connectivity index (χ2v) is 6.85. The average Bonchev–Trinajstić information content (AvgIpc) is 2.38. The van der Waals surface area contributed by atoms with E-state index in [1.54, 1.807) is 0 Å². The first kappa shape index (κ1) is 16.7. The van der Waals surface area contributed by atoms with E-state index in [4.69, 9.17) is 9.84 Å². The molecule has 21 heavy (non-hydrogen) atoms. The first-order valence-electron chi connectivity index (χ1n) is 7.76. The zero-order valence-electron chi connectivity index (χ0n) is 12.8. The third kappa shape index (κ3) is 4.64.